The molecule has 0 aliphatic heterocycles. The van der Waals surface area contributed by atoms with Crippen LogP contribution in [0.4, 0.5) is 0 Å². The Kier molecular flexibility index (Phi) is 5.50. The lowest BCUT2D eigenvalue weighted by atomic mass is 10.1. The smallest absolute Gasteiger partial charge is 0.272 e. The Morgan fingerprint density at radius 3 is 2.83 bits per heavy atom. The standard InChI is InChI=1S/C17H23N3O3/c1-11(2)23-9-5-8-18-16(21)13-6-7-15-14(10-13)19-12(3)17(22)20(15)4/h6-7,10-11H,5,8-9H2,1-4H3,(H,18,21). The molecule has 0 unspecified atom stereocenters. The Labute approximate surface area is 135 Å². The first-order valence-electron chi connectivity index (χ1n) is 7.77. The quantitative estimate of drug-likeness (QED) is 0.824. The van der Waals surface area contributed by atoms with Crippen molar-refractivity contribution in [3.8, 4) is 0 Å². The summed E-state index contributed by atoms with van der Waals surface area (Å²) >= 11 is 0. The van der Waals surface area contributed by atoms with Crippen LogP contribution in [0.5, 0.6) is 0 Å². The van der Waals surface area contributed by atoms with E-state index in [2.05, 4.69) is 10.3 Å². The second kappa shape index (κ2) is 7.37. The minimum absolute atomic E-state index is 0.125. The predicted octanol–water partition coefficient (Wildman–Crippen LogP) is 1.79. The molecule has 0 fully saturated rings. The molecule has 6 nitrogen and oxygen atoms in total. The molecule has 0 bridgehead atoms. The molecule has 1 heterocycles. The van der Waals surface area contributed by atoms with Crippen LogP contribution in [0.15, 0.2) is 23.0 Å². The first kappa shape index (κ1) is 17.1. The van der Waals surface area contributed by atoms with Gasteiger partial charge in [-0.05, 0) is 45.4 Å². The van der Waals surface area contributed by atoms with Crippen LogP contribution in [0.1, 0.15) is 36.3 Å². The van der Waals surface area contributed by atoms with Gasteiger partial charge in [-0.2, -0.15) is 0 Å². The van der Waals surface area contributed by atoms with Crippen LogP contribution >= 0.6 is 0 Å². The maximum Gasteiger partial charge on any atom is 0.272 e. The third kappa shape index (κ3) is 4.16. The Bertz CT molecular complexity index is 766. The number of aryl methyl sites for hydroxylation is 2. The van der Waals surface area contributed by atoms with Crippen LogP contribution in [0.3, 0.4) is 0 Å². The highest BCUT2D eigenvalue weighted by molar-refractivity contribution is 5.97. The molecule has 1 aromatic heterocycles. The van der Waals surface area contributed by atoms with Crippen molar-refractivity contribution in [2.24, 2.45) is 7.05 Å². The van der Waals surface area contributed by atoms with Crippen LogP contribution < -0.4 is 10.9 Å². The van der Waals surface area contributed by atoms with Crippen LogP contribution in [0, 0.1) is 6.92 Å². The van der Waals surface area contributed by atoms with E-state index in [-0.39, 0.29) is 17.6 Å². The van der Waals surface area contributed by atoms with Gasteiger partial charge in [-0.25, -0.2) is 4.98 Å². The topological polar surface area (TPSA) is 73.2 Å². The van der Waals surface area contributed by atoms with E-state index < -0.39 is 0 Å². The van der Waals surface area contributed by atoms with Crippen molar-refractivity contribution in [1.29, 1.82) is 0 Å². The number of fused-ring (bicyclic) bond motifs is 1. The summed E-state index contributed by atoms with van der Waals surface area (Å²) < 4.78 is 6.98. The first-order chi connectivity index (χ1) is 10.9. The van der Waals surface area contributed by atoms with Gasteiger partial charge in [-0.15, -0.1) is 0 Å². The Balaban J connectivity index is 2.07. The molecule has 0 atom stereocenters. The number of hydrogen-bond donors (Lipinski definition) is 1. The lowest BCUT2D eigenvalue weighted by molar-refractivity contribution is 0.0757. The average molecular weight is 317 g/mol. The normalized spacial score (nSPS) is 11.2. The largest absolute Gasteiger partial charge is 0.379 e. The Morgan fingerprint density at radius 2 is 2.13 bits per heavy atom. The summed E-state index contributed by atoms with van der Waals surface area (Å²) in [4.78, 5) is 28.3. The van der Waals surface area contributed by atoms with Crippen LogP contribution in [0.2, 0.25) is 0 Å². The second-order valence-corrected chi connectivity index (χ2v) is 5.79. The highest BCUT2D eigenvalue weighted by atomic mass is 16.5. The molecule has 0 saturated carbocycles. The van der Waals surface area contributed by atoms with Gasteiger partial charge in [-0.3, -0.25) is 9.59 Å². The number of nitrogens with zero attached hydrogens (tertiary/aromatic N) is 2. The van der Waals surface area contributed by atoms with E-state index >= 15 is 0 Å². The minimum atomic E-state index is -0.148. The third-order valence-corrected chi connectivity index (χ3v) is 3.56. The highest BCUT2D eigenvalue weighted by Crippen LogP contribution is 2.12. The molecule has 1 aromatic carbocycles. The molecule has 0 saturated heterocycles. The predicted molar refractivity (Wildman–Crippen MR) is 89.8 cm³/mol. The van der Waals surface area contributed by atoms with E-state index in [1.807, 2.05) is 13.8 Å². The van der Waals surface area contributed by atoms with Gasteiger partial charge in [0.25, 0.3) is 11.5 Å². The maximum absolute atomic E-state index is 12.2. The van der Waals surface area contributed by atoms with Crippen molar-refractivity contribution in [3.63, 3.8) is 0 Å². The number of hydrogen-bond acceptors (Lipinski definition) is 4. The van der Waals surface area contributed by atoms with Gasteiger partial charge in [-0.1, -0.05) is 0 Å². The number of rotatable bonds is 6. The molecule has 0 aliphatic rings. The maximum atomic E-state index is 12.2. The number of nitrogens with one attached hydrogen (secondary N) is 1. The molecular weight excluding hydrogens is 294 g/mol. The minimum Gasteiger partial charge on any atom is -0.379 e. The molecule has 0 radical (unpaired) electrons. The Morgan fingerprint density at radius 1 is 1.39 bits per heavy atom. The summed E-state index contributed by atoms with van der Waals surface area (Å²) in [7, 11) is 1.70. The summed E-state index contributed by atoms with van der Waals surface area (Å²) in [6.45, 7) is 6.82. The van der Waals surface area contributed by atoms with E-state index in [9.17, 15) is 9.59 Å². The van der Waals surface area contributed by atoms with Crippen molar-refractivity contribution in [1.82, 2.24) is 14.9 Å². The third-order valence-electron chi connectivity index (χ3n) is 3.56. The Hall–Kier alpha value is -2.21. The molecule has 1 amide bonds. The van der Waals surface area contributed by atoms with Gasteiger partial charge in [0.1, 0.15) is 5.69 Å². The molecule has 2 rings (SSSR count). The fourth-order valence-electron chi connectivity index (χ4n) is 2.31. The van der Waals surface area contributed by atoms with E-state index in [1.54, 1.807) is 36.7 Å². The lowest BCUT2D eigenvalue weighted by Gasteiger charge is -2.10. The van der Waals surface area contributed by atoms with Crippen LogP contribution in [0.25, 0.3) is 11.0 Å². The van der Waals surface area contributed by atoms with Gasteiger partial charge in [0.15, 0.2) is 0 Å². The van der Waals surface area contributed by atoms with Gasteiger partial charge in [0.2, 0.25) is 0 Å². The van der Waals surface area contributed by atoms with E-state index in [4.69, 9.17) is 4.74 Å². The summed E-state index contributed by atoms with van der Waals surface area (Å²) in [6, 6.07) is 5.17. The second-order valence-electron chi connectivity index (χ2n) is 5.79. The highest BCUT2D eigenvalue weighted by Gasteiger charge is 2.10. The molecule has 0 aliphatic carbocycles. The van der Waals surface area contributed by atoms with Crippen molar-refractivity contribution in [3.05, 3.63) is 39.8 Å². The SMILES string of the molecule is Cc1nc2cc(C(=O)NCCCOC(C)C)ccc2n(C)c1=O. The summed E-state index contributed by atoms with van der Waals surface area (Å²) in [5.41, 5.74) is 2.18. The zero-order valence-corrected chi connectivity index (χ0v) is 14.0. The van der Waals surface area contributed by atoms with E-state index in [0.717, 1.165) is 6.42 Å². The molecule has 2 aromatic rings. The summed E-state index contributed by atoms with van der Waals surface area (Å²) in [6.07, 6.45) is 0.968. The van der Waals surface area contributed by atoms with Crippen molar-refractivity contribution >= 4 is 16.9 Å². The first-order valence-corrected chi connectivity index (χ1v) is 7.77. The molecule has 6 heteroatoms. The van der Waals surface area contributed by atoms with Crippen molar-refractivity contribution in [2.45, 2.75) is 33.3 Å². The summed E-state index contributed by atoms with van der Waals surface area (Å²) in [5.74, 6) is -0.148. The monoisotopic (exact) mass is 317 g/mol. The molecular formula is C17H23N3O3. The van der Waals surface area contributed by atoms with E-state index in [0.29, 0.717) is 35.4 Å². The number of carbonyl (C=O) groups is 1. The van der Waals surface area contributed by atoms with Gasteiger partial charge < -0.3 is 14.6 Å². The van der Waals surface area contributed by atoms with Gasteiger partial charge >= 0.3 is 0 Å². The van der Waals surface area contributed by atoms with Crippen LogP contribution in [-0.4, -0.2) is 34.7 Å². The molecule has 0 spiro atoms. The van der Waals surface area contributed by atoms with E-state index in [1.165, 1.54) is 0 Å². The number of benzene rings is 1. The van der Waals surface area contributed by atoms with Crippen LogP contribution in [-0.2, 0) is 11.8 Å². The fourth-order valence-corrected chi connectivity index (χ4v) is 2.31. The fraction of sp³-hybridized carbons (Fsp3) is 0.471. The number of carbonyl (C=O) groups excluding carboxylic acids is 1. The van der Waals surface area contributed by atoms with Gasteiger partial charge in [0, 0.05) is 25.8 Å². The zero-order chi connectivity index (χ0) is 17.0. The van der Waals surface area contributed by atoms with Gasteiger partial charge in [0.05, 0.1) is 17.1 Å². The van der Waals surface area contributed by atoms with Crippen molar-refractivity contribution in [2.75, 3.05) is 13.2 Å². The average Bonchev–Trinajstić information content (AvgIpc) is 2.51. The number of ether oxygens (including phenoxy) is 1. The molecule has 23 heavy (non-hydrogen) atoms. The van der Waals surface area contributed by atoms with Crippen molar-refractivity contribution < 1.29 is 9.53 Å². The lowest BCUT2D eigenvalue weighted by Crippen LogP contribution is -2.26. The molecule has 1 N–H and O–H groups in total. The summed E-state index contributed by atoms with van der Waals surface area (Å²) in [5, 5.41) is 2.86. The zero-order valence-electron chi connectivity index (χ0n) is 14.0. The number of aromatic nitrogens is 2. The number of amides is 1. The molecule has 124 valence electrons.